The number of hydrogen-bond donors (Lipinski definition) is 1. The smallest absolute Gasteiger partial charge is 0.255 e. The summed E-state index contributed by atoms with van der Waals surface area (Å²) in [7, 11) is 0. The number of fused-ring (bicyclic) bond motifs is 1. The van der Waals surface area contributed by atoms with Gasteiger partial charge >= 0.3 is 0 Å². The lowest BCUT2D eigenvalue weighted by Crippen LogP contribution is -2.37. The number of primary amides is 1. The highest BCUT2D eigenvalue weighted by Gasteiger charge is 2.16. The number of carbonyl (C=O) groups is 1. The Labute approximate surface area is 115 Å². The second-order valence-electron chi connectivity index (χ2n) is 4.65. The van der Waals surface area contributed by atoms with Crippen LogP contribution in [-0.4, -0.2) is 38.6 Å². The van der Waals surface area contributed by atoms with E-state index in [1.807, 2.05) is 4.90 Å². The summed E-state index contributed by atoms with van der Waals surface area (Å²) in [5.41, 5.74) is 5.29. The van der Waals surface area contributed by atoms with Crippen molar-refractivity contribution in [2.45, 2.75) is 13.8 Å². The fourth-order valence-corrected chi connectivity index (χ4v) is 2.04. The van der Waals surface area contributed by atoms with E-state index < -0.39 is 5.91 Å². The SMILES string of the molecule is CC(C)CN(CC(N)=O)c1cc(Cl)nc2ncnn12. The molecule has 8 heteroatoms. The molecule has 0 aliphatic heterocycles. The summed E-state index contributed by atoms with van der Waals surface area (Å²) >= 11 is 5.96. The van der Waals surface area contributed by atoms with Gasteiger partial charge in [-0.15, -0.1) is 0 Å². The lowest BCUT2D eigenvalue weighted by Gasteiger charge is -2.25. The Morgan fingerprint density at radius 3 is 2.95 bits per heavy atom. The second kappa shape index (κ2) is 5.40. The minimum Gasteiger partial charge on any atom is -0.368 e. The lowest BCUT2D eigenvalue weighted by atomic mass is 10.2. The number of amides is 1. The van der Waals surface area contributed by atoms with Crippen LogP contribution in [-0.2, 0) is 4.79 Å². The zero-order chi connectivity index (χ0) is 14.0. The third-order valence-electron chi connectivity index (χ3n) is 2.46. The summed E-state index contributed by atoms with van der Waals surface area (Å²) in [5, 5.41) is 4.39. The zero-order valence-electron chi connectivity index (χ0n) is 10.7. The minimum absolute atomic E-state index is 0.0908. The van der Waals surface area contributed by atoms with Crippen LogP contribution in [0.25, 0.3) is 5.78 Å². The first-order chi connectivity index (χ1) is 8.97. The van der Waals surface area contributed by atoms with Gasteiger partial charge in [0.05, 0.1) is 6.54 Å². The normalized spacial score (nSPS) is 11.2. The number of aromatic nitrogens is 4. The number of rotatable bonds is 5. The Hall–Kier alpha value is -1.89. The van der Waals surface area contributed by atoms with Crippen LogP contribution >= 0.6 is 11.6 Å². The third kappa shape index (κ3) is 3.11. The van der Waals surface area contributed by atoms with E-state index in [0.29, 0.717) is 29.2 Å². The molecule has 0 saturated heterocycles. The predicted molar refractivity (Wildman–Crippen MR) is 72.0 cm³/mol. The Bertz CT molecular complexity index is 596. The maximum atomic E-state index is 11.2. The van der Waals surface area contributed by atoms with E-state index in [1.54, 1.807) is 6.07 Å². The van der Waals surface area contributed by atoms with E-state index in [4.69, 9.17) is 17.3 Å². The van der Waals surface area contributed by atoms with Crippen LogP contribution in [0.5, 0.6) is 0 Å². The van der Waals surface area contributed by atoms with Crippen LogP contribution in [0.4, 0.5) is 5.82 Å². The first-order valence-corrected chi connectivity index (χ1v) is 6.24. The molecule has 2 N–H and O–H groups in total. The first-order valence-electron chi connectivity index (χ1n) is 5.87. The van der Waals surface area contributed by atoms with Crippen LogP contribution in [0.15, 0.2) is 12.4 Å². The van der Waals surface area contributed by atoms with Gasteiger partial charge in [0, 0.05) is 12.6 Å². The molecule has 0 saturated carbocycles. The van der Waals surface area contributed by atoms with E-state index in [2.05, 4.69) is 28.9 Å². The van der Waals surface area contributed by atoms with Gasteiger partial charge in [-0.2, -0.15) is 19.6 Å². The fraction of sp³-hybridized carbons (Fsp3) is 0.455. The molecule has 2 aromatic rings. The van der Waals surface area contributed by atoms with Gasteiger partial charge in [0.1, 0.15) is 17.3 Å². The van der Waals surface area contributed by atoms with Gasteiger partial charge in [0.15, 0.2) is 0 Å². The van der Waals surface area contributed by atoms with Gasteiger partial charge in [-0.05, 0) is 5.92 Å². The quantitative estimate of drug-likeness (QED) is 0.817. The van der Waals surface area contributed by atoms with Crippen molar-refractivity contribution in [1.29, 1.82) is 0 Å². The van der Waals surface area contributed by atoms with Gasteiger partial charge in [-0.3, -0.25) is 4.79 Å². The van der Waals surface area contributed by atoms with E-state index in [-0.39, 0.29) is 6.54 Å². The number of hydrogen-bond acceptors (Lipinski definition) is 5. The topological polar surface area (TPSA) is 89.4 Å². The van der Waals surface area contributed by atoms with E-state index in [9.17, 15) is 4.79 Å². The van der Waals surface area contributed by atoms with Crippen LogP contribution in [0.3, 0.4) is 0 Å². The number of halogens is 1. The molecule has 0 aliphatic carbocycles. The molecule has 0 fully saturated rings. The molecule has 0 bridgehead atoms. The van der Waals surface area contributed by atoms with Crippen LogP contribution in [0.1, 0.15) is 13.8 Å². The molecular formula is C11H15ClN6O. The van der Waals surface area contributed by atoms with Crippen molar-refractivity contribution in [3.63, 3.8) is 0 Å². The lowest BCUT2D eigenvalue weighted by molar-refractivity contribution is -0.116. The van der Waals surface area contributed by atoms with Crippen LogP contribution < -0.4 is 10.6 Å². The summed E-state index contributed by atoms with van der Waals surface area (Å²) in [4.78, 5) is 21.1. The zero-order valence-corrected chi connectivity index (χ0v) is 11.5. The number of nitrogens with zero attached hydrogens (tertiary/aromatic N) is 5. The highest BCUT2D eigenvalue weighted by atomic mass is 35.5. The molecule has 2 aromatic heterocycles. The average Bonchev–Trinajstić information content (AvgIpc) is 2.73. The van der Waals surface area contributed by atoms with Crippen molar-refractivity contribution in [2.75, 3.05) is 18.0 Å². The summed E-state index contributed by atoms with van der Waals surface area (Å²) in [5.74, 6) is 0.979. The molecule has 19 heavy (non-hydrogen) atoms. The molecule has 0 aliphatic rings. The van der Waals surface area contributed by atoms with Gasteiger partial charge in [-0.1, -0.05) is 25.4 Å². The van der Waals surface area contributed by atoms with Crippen molar-refractivity contribution >= 4 is 29.1 Å². The van der Waals surface area contributed by atoms with E-state index in [0.717, 1.165) is 0 Å². The summed E-state index contributed by atoms with van der Waals surface area (Å²) in [6, 6.07) is 1.65. The van der Waals surface area contributed by atoms with E-state index >= 15 is 0 Å². The Morgan fingerprint density at radius 2 is 2.32 bits per heavy atom. The first kappa shape index (κ1) is 13.5. The number of anilines is 1. The molecule has 2 rings (SSSR count). The Morgan fingerprint density at radius 1 is 1.58 bits per heavy atom. The Balaban J connectivity index is 2.47. The molecule has 0 atom stereocenters. The monoisotopic (exact) mass is 282 g/mol. The van der Waals surface area contributed by atoms with Gasteiger partial charge in [-0.25, -0.2) is 0 Å². The van der Waals surface area contributed by atoms with Crippen molar-refractivity contribution in [1.82, 2.24) is 19.6 Å². The Kier molecular flexibility index (Phi) is 3.84. The molecule has 2 heterocycles. The van der Waals surface area contributed by atoms with Crippen LogP contribution in [0, 0.1) is 5.92 Å². The van der Waals surface area contributed by atoms with Crippen molar-refractivity contribution in [3.8, 4) is 0 Å². The molecule has 102 valence electrons. The molecule has 0 aromatic carbocycles. The molecular weight excluding hydrogens is 268 g/mol. The van der Waals surface area contributed by atoms with Crippen molar-refractivity contribution < 1.29 is 4.79 Å². The molecule has 0 unspecified atom stereocenters. The summed E-state index contributed by atoms with van der Waals surface area (Å²) < 4.78 is 1.54. The molecule has 0 radical (unpaired) electrons. The highest BCUT2D eigenvalue weighted by Crippen LogP contribution is 2.19. The minimum atomic E-state index is -0.415. The van der Waals surface area contributed by atoms with E-state index in [1.165, 1.54) is 10.8 Å². The number of nitrogens with two attached hydrogens (primary N) is 1. The van der Waals surface area contributed by atoms with Gasteiger partial charge in [0.25, 0.3) is 5.78 Å². The summed E-state index contributed by atoms with van der Waals surface area (Å²) in [6.45, 7) is 4.84. The predicted octanol–water partition coefficient (Wildman–Crippen LogP) is 0.725. The van der Waals surface area contributed by atoms with Crippen LogP contribution in [0.2, 0.25) is 5.15 Å². The average molecular weight is 283 g/mol. The maximum Gasteiger partial charge on any atom is 0.255 e. The largest absolute Gasteiger partial charge is 0.368 e. The standard InChI is InChI=1S/C11H15ClN6O/c1-7(2)4-17(5-9(13)19)10-3-8(12)16-11-14-6-15-18(10)11/h3,6-7H,4-5H2,1-2H3,(H2,13,19). The highest BCUT2D eigenvalue weighted by molar-refractivity contribution is 6.29. The molecule has 7 nitrogen and oxygen atoms in total. The maximum absolute atomic E-state index is 11.2. The van der Waals surface area contributed by atoms with Gasteiger partial charge in [0.2, 0.25) is 5.91 Å². The van der Waals surface area contributed by atoms with Crippen molar-refractivity contribution in [2.24, 2.45) is 11.7 Å². The third-order valence-corrected chi connectivity index (χ3v) is 2.65. The summed E-state index contributed by atoms with van der Waals surface area (Å²) in [6.07, 6.45) is 1.39. The molecule has 0 spiro atoms. The fourth-order valence-electron chi connectivity index (χ4n) is 1.86. The number of carbonyl (C=O) groups excluding carboxylic acids is 1. The second-order valence-corrected chi connectivity index (χ2v) is 5.04. The van der Waals surface area contributed by atoms with Gasteiger partial charge < -0.3 is 10.6 Å². The molecule has 1 amide bonds. The van der Waals surface area contributed by atoms with Crippen molar-refractivity contribution in [3.05, 3.63) is 17.5 Å².